The maximum absolute atomic E-state index is 10.8. The van der Waals surface area contributed by atoms with Crippen molar-refractivity contribution in [3.05, 3.63) is 71.3 Å². The van der Waals surface area contributed by atoms with Gasteiger partial charge in [-0.1, -0.05) is 75.4 Å². The highest BCUT2D eigenvalue weighted by Gasteiger charge is 2.38. The fourth-order valence-corrected chi connectivity index (χ4v) is 4.24. The van der Waals surface area contributed by atoms with Crippen LogP contribution in [0.1, 0.15) is 63.1 Å². The molecule has 0 saturated carbocycles. The van der Waals surface area contributed by atoms with E-state index in [-0.39, 0.29) is 11.8 Å². The average Bonchev–Trinajstić information content (AvgIpc) is 2.68. The van der Waals surface area contributed by atoms with Crippen LogP contribution in [0.3, 0.4) is 0 Å². The van der Waals surface area contributed by atoms with E-state index in [1.54, 1.807) is 0 Å². The summed E-state index contributed by atoms with van der Waals surface area (Å²) in [7, 11) is 1.90. The van der Waals surface area contributed by atoms with Crippen LogP contribution in [0.4, 0.5) is 0 Å². The van der Waals surface area contributed by atoms with E-state index in [0.717, 1.165) is 19.3 Å². The third kappa shape index (κ3) is 5.09. The predicted molar refractivity (Wildman–Crippen MR) is 117 cm³/mol. The van der Waals surface area contributed by atoms with Crippen LogP contribution in [-0.2, 0) is 16.6 Å². The van der Waals surface area contributed by atoms with Crippen LogP contribution in [0.15, 0.2) is 59.6 Å². The molecular formula is C25H33NO2. The Morgan fingerprint density at radius 2 is 1.64 bits per heavy atom. The maximum Gasteiger partial charge on any atom is 0.303 e. The van der Waals surface area contributed by atoms with Crippen molar-refractivity contribution in [2.24, 2.45) is 10.9 Å². The summed E-state index contributed by atoms with van der Waals surface area (Å²) in [6, 6.07) is 19.4. The van der Waals surface area contributed by atoms with Gasteiger partial charge in [0.2, 0.25) is 0 Å². The summed E-state index contributed by atoms with van der Waals surface area (Å²) in [6.45, 7) is 6.71. The molecule has 0 aliphatic carbocycles. The van der Waals surface area contributed by atoms with Crippen molar-refractivity contribution in [2.75, 3.05) is 7.05 Å². The van der Waals surface area contributed by atoms with Crippen molar-refractivity contribution < 1.29 is 9.90 Å². The Kier molecular flexibility index (Phi) is 7.98. The fourth-order valence-electron chi connectivity index (χ4n) is 4.24. The summed E-state index contributed by atoms with van der Waals surface area (Å²) in [5, 5.41) is 8.85. The van der Waals surface area contributed by atoms with Crippen molar-refractivity contribution in [1.29, 1.82) is 0 Å². The summed E-state index contributed by atoms with van der Waals surface area (Å²) in [5.41, 5.74) is 4.69. The van der Waals surface area contributed by atoms with E-state index < -0.39 is 5.97 Å². The van der Waals surface area contributed by atoms with E-state index in [9.17, 15) is 4.79 Å². The van der Waals surface area contributed by atoms with Crippen LogP contribution in [0.5, 0.6) is 0 Å². The zero-order valence-electron chi connectivity index (χ0n) is 17.6. The van der Waals surface area contributed by atoms with E-state index in [2.05, 4.69) is 75.4 Å². The molecule has 2 aromatic carbocycles. The molecule has 0 bridgehead atoms. The Morgan fingerprint density at radius 1 is 1.04 bits per heavy atom. The van der Waals surface area contributed by atoms with Crippen LogP contribution in [-0.4, -0.2) is 23.8 Å². The highest BCUT2D eigenvalue weighted by Crippen LogP contribution is 2.41. The van der Waals surface area contributed by atoms with E-state index in [4.69, 9.17) is 10.1 Å². The molecule has 28 heavy (non-hydrogen) atoms. The number of hydrogen-bond donors (Lipinski definition) is 1. The SMILES string of the molecule is CCC(=NC)C(CC(C)C)(c1ccccc1)c1ccc(CCCC(=O)O)cc1. The molecule has 2 aromatic rings. The van der Waals surface area contributed by atoms with Gasteiger partial charge < -0.3 is 5.11 Å². The summed E-state index contributed by atoms with van der Waals surface area (Å²) in [4.78, 5) is 15.5. The van der Waals surface area contributed by atoms with Gasteiger partial charge in [-0.05, 0) is 48.3 Å². The number of nitrogens with zero attached hydrogens (tertiary/aromatic N) is 1. The molecule has 0 amide bonds. The predicted octanol–water partition coefficient (Wildman–Crippen LogP) is 5.91. The van der Waals surface area contributed by atoms with Crippen molar-refractivity contribution in [3.8, 4) is 0 Å². The van der Waals surface area contributed by atoms with Gasteiger partial charge in [-0.25, -0.2) is 0 Å². The number of carboxylic acids is 1. The minimum Gasteiger partial charge on any atom is -0.481 e. The topological polar surface area (TPSA) is 49.7 Å². The zero-order chi connectivity index (χ0) is 20.6. The zero-order valence-corrected chi connectivity index (χ0v) is 17.6. The summed E-state index contributed by atoms with van der Waals surface area (Å²) in [5.74, 6) is -0.220. The Morgan fingerprint density at radius 3 is 2.14 bits per heavy atom. The Labute approximate surface area is 169 Å². The first kappa shape index (κ1) is 21.9. The van der Waals surface area contributed by atoms with Gasteiger partial charge in [0.25, 0.3) is 0 Å². The third-order valence-electron chi connectivity index (χ3n) is 5.38. The van der Waals surface area contributed by atoms with Gasteiger partial charge in [0, 0.05) is 19.2 Å². The molecule has 0 radical (unpaired) electrons. The number of benzene rings is 2. The van der Waals surface area contributed by atoms with Gasteiger partial charge in [0.05, 0.1) is 5.41 Å². The van der Waals surface area contributed by atoms with Gasteiger partial charge in [0.1, 0.15) is 0 Å². The summed E-state index contributed by atoms with van der Waals surface area (Å²) >= 11 is 0. The number of aliphatic imine (C=N–C) groups is 1. The first-order valence-corrected chi connectivity index (χ1v) is 10.3. The van der Waals surface area contributed by atoms with Crippen LogP contribution in [0.2, 0.25) is 0 Å². The van der Waals surface area contributed by atoms with Crippen molar-refractivity contribution >= 4 is 11.7 Å². The second-order valence-corrected chi connectivity index (χ2v) is 7.84. The van der Waals surface area contributed by atoms with Crippen LogP contribution in [0.25, 0.3) is 0 Å². The summed E-state index contributed by atoms with van der Waals surface area (Å²) in [6.07, 6.45) is 3.57. The lowest BCUT2D eigenvalue weighted by Crippen LogP contribution is -2.38. The highest BCUT2D eigenvalue weighted by atomic mass is 16.4. The van der Waals surface area contributed by atoms with Gasteiger partial charge in [-0.2, -0.15) is 0 Å². The number of aryl methyl sites for hydroxylation is 1. The van der Waals surface area contributed by atoms with Crippen molar-refractivity contribution in [1.82, 2.24) is 0 Å². The minimum atomic E-state index is -0.733. The van der Waals surface area contributed by atoms with E-state index in [1.165, 1.54) is 22.4 Å². The van der Waals surface area contributed by atoms with E-state index in [1.807, 2.05) is 7.05 Å². The lowest BCUT2D eigenvalue weighted by molar-refractivity contribution is -0.137. The number of rotatable bonds is 10. The molecular weight excluding hydrogens is 346 g/mol. The van der Waals surface area contributed by atoms with Crippen molar-refractivity contribution in [3.63, 3.8) is 0 Å². The normalized spacial score (nSPS) is 14.1. The Balaban J connectivity index is 2.50. The molecule has 0 aliphatic rings. The molecule has 1 atom stereocenters. The second kappa shape index (κ2) is 10.2. The van der Waals surface area contributed by atoms with E-state index in [0.29, 0.717) is 12.3 Å². The van der Waals surface area contributed by atoms with Gasteiger partial charge >= 0.3 is 5.97 Å². The molecule has 0 aliphatic heterocycles. The fraction of sp³-hybridized carbons (Fsp3) is 0.440. The molecule has 0 aromatic heterocycles. The number of hydrogen-bond acceptors (Lipinski definition) is 2. The number of carboxylic acid groups (broad SMARTS) is 1. The summed E-state index contributed by atoms with van der Waals surface area (Å²) < 4.78 is 0. The molecule has 1 unspecified atom stereocenters. The smallest absolute Gasteiger partial charge is 0.303 e. The third-order valence-corrected chi connectivity index (χ3v) is 5.38. The molecule has 0 fully saturated rings. The molecule has 3 heteroatoms. The van der Waals surface area contributed by atoms with Gasteiger partial charge in [0.15, 0.2) is 0 Å². The lowest BCUT2D eigenvalue weighted by Gasteiger charge is -2.38. The monoisotopic (exact) mass is 379 g/mol. The highest BCUT2D eigenvalue weighted by molar-refractivity contribution is 5.98. The molecule has 0 heterocycles. The van der Waals surface area contributed by atoms with Gasteiger partial charge in [-0.15, -0.1) is 0 Å². The molecule has 0 spiro atoms. The quantitative estimate of drug-likeness (QED) is 0.522. The van der Waals surface area contributed by atoms with E-state index >= 15 is 0 Å². The van der Waals surface area contributed by atoms with Gasteiger partial charge in [-0.3, -0.25) is 9.79 Å². The molecule has 1 N–H and O–H groups in total. The Hall–Kier alpha value is -2.42. The molecule has 0 saturated heterocycles. The lowest BCUT2D eigenvalue weighted by atomic mass is 9.65. The molecule has 150 valence electrons. The largest absolute Gasteiger partial charge is 0.481 e. The molecule has 2 rings (SSSR count). The first-order chi connectivity index (χ1) is 13.4. The van der Waals surface area contributed by atoms with Crippen LogP contribution >= 0.6 is 0 Å². The number of aliphatic carboxylic acids is 1. The number of carbonyl (C=O) groups is 1. The van der Waals surface area contributed by atoms with Crippen LogP contribution in [0, 0.1) is 5.92 Å². The van der Waals surface area contributed by atoms with Crippen molar-refractivity contribution in [2.45, 2.75) is 58.3 Å². The second-order valence-electron chi connectivity index (χ2n) is 7.84. The first-order valence-electron chi connectivity index (χ1n) is 10.3. The average molecular weight is 380 g/mol. The standard InChI is InChI=1S/C25H33NO2/c1-5-23(26-4)25(18-19(2)3,21-11-7-6-8-12-21)22-16-14-20(15-17-22)10-9-13-24(27)28/h6-8,11-12,14-17,19H,5,9-10,13,18H2,1-4H3,(H,27,28). The van der Waals surface area contributed by atoms with Crippen LogP contribution < -0.4 is 0 Å². The molecule has 3 nitrogen and oxygen atoms in total. The maximum atomic E-state index is 10.8. The Bertz CT molecular complexity index is 778. The minimum absolute atomic E-state index is 0.214.